The molecular weight excluding hydrogens is 300 g/mol. The van der Waals surface area contributed by atoms with Crippen molar-refractivity contribution >= 4 is 18.3 Å². The highest BCUT2D eigenvalue weighted by Crippen LogP contribution is 2.20. The van der Waals surface area contributed by atoms with Gasteiger partial charge in [0, 0.05) is 11.6 Å². The second-order valence-corrected chi connectivity index (χ2v) is 6.10. The number of nitrogens with one attached hydrogen (secondary N) is 2. The normalized spacial score (nSPS) is 21.1. The Balaban J connectivity index is 0.00000242. The maximum Gasteiger partial charge on any atom is 0.224 e. The first-order valence-corrected chi connectivity index (χ1v) is 7.81. The monoisotopic (exact) mass is 326 g/mol. The average molecular weight is 327 g/mol. The summed E-state index contributed by atoms with van der Waals surface area (Å²) >= 11 is 0. The predicted molar refractivity (Wildman–Crippen MR) is 91.7 cm³/mol. The Hall–Kier alpha value is -1.26. The van der Waals surface area contributed by atoms with Gasteiger partial charge in [-0.15, -0.1) is 12.4 Å². The molecular formula is C17H27ClN2O2. The highest BCUT2D eigenvalue weighted by atomic mass is 35.5. The Morgan fingerprint density at radius 1 is 1.41 bits per heavy atom. The smallest absolute Gasteiger partial charge is 0.224 e. The number of para-hydroxylation sites is 1. The summed E-state index contributed by atoms with van der Waals surface area (Å²) in [7, 11) is 0. The number of benzene rings is 1. The second-order valence-electron chi connectivity index (χ2n) is 6.10. The van der Waals surface area contributed by atoms with Crippen LogP contribution in [0, 0.1) is 5.92 Å². The molecule has 2 rings (SSSR count). The SMILES string of the molecule is CC(C)Oc1ccccc1CC(=O)NC1CCNCC1C.Cl. The largest absolute Gasteiger partial charge is 0.491 e. The van der Waals surface area contributed by atoms with Crippen LogP contribution >= 0.6 is 12.4 Å². The zero-order chi connectivity index (χ0) is 15.2. The van der Waals surface area contributed by atoms with Crippen molar-refractivity contribution in [2.24, 2.45) is 5.92 Å². The van der Waals surface area contributed by atoms with Gasteiger partial charge >= 0.3 is 0 Å². The standard InChI is InChI=1S/C17H26N2O2.ClH/c1-12(2)21-16-7-5-4-6-14(16)10-17(20)19-15-8-9-18-11-13(15)3;/h4-7,12-13,15,18H,8-11H2,1-3H3,(H,19,20);1H. The van der Waals surface area contributed by atoms with Crippen LogP contribution in [0.15, 0.2) is 24.3 Å². The van der Waals surface area contributed by atoms with Gasteiger partial charge in [0.25, 0.3) is 0 Å². The lowest BCUT2D eigenvalue weighted by Gasteiger charge is -2.30. The Morgan fingerprint density at radius 2 is 2.14 bits per heavy atom. The van der Waals surface area contributed by atoms with Crippen molar-refractivity contribution in [1.29, 1.82) is 0 Å². The van der Waals surface area contributed by atoms with Crippen molar-refractivity contribution in [1.82, 2.24) is 10.6 Å². The molecule has 124 valence electrons. The van der Waals surface area contributed by atoms with Crippen LogP contribution < -0.4 is 15.4 Å². The van der Waals surface area contributed by atoms with Crippen molar-refractivity contribution in [3.05, 3.63) is 29.8 Å². The van der Waals surface area contributed by atoms with Gasteiger partial charge in [-0.05, 0) is 45.3 Å². The third-order valence-electron chi connectivity index (χ3n) is 3.82. The average Bonchev–Trinajstić information content (AvgIpc) is 2.43. The molecule has 1 fully saturated rings. The highest BCUT2D eigenvalue weighted by Gasteiger charge is 2.22. The van der Waals surface area contributed by atoms with E-state index < -0.39 is 0 Å². The van der Waals surface area contributed by atoms with Gasteiger partial charge in [-0.1, -0.05) is 25.1 Å². The van der Waals surface area contributed by atoms with Crippen molar-refractivity contribution in [2.45, 2.75) is 45.8 Å². The summed E-state index contributed by atoms with van der Waals surface area (Å²) in [5.74, 6) is 1.36. The molecule has 1 aromatic rings. The van der Waals surface area contributed by atoms with Crippen LogP contribution in [-0.4, -0.2) is 31.1 Å². The van der Waals surface area contributed by atoms with Crippen molar-refractivity contribution < 1.29 is 9.53 Å². The summed E-state index contributed by atoms with van der Waals surface area (Å²) in [4.78, 5) is 12.3. The number of piperidine rings is 1. The third-order valence-corrected chi connectivity index (χ3v) is 3.82. The fourth-order valence-corrected chi connectivity index (χ4v) is 2.68. The Morgan fingerprint density at radius 3 is 2.82 bits per heavy atom. The molecule has 1 aliphatic rings. The van der Waals surface area contributed by atoms with E-state index in [1.807, 2.05) is 38.1 Å². The van der Waals surface area contributed by atoms with E-state index in [1.165, 1.54) is 0 Å². The molecule has 22 heavy (non-hydrogen) atoms. The molecule has 1 heterocycles. The molecule has 0 aliphatic carbocycles. The van der Waals surface area contributed by atoms with Crippen molar-refractivity contribution in [3.8, 4) is 5.75 Å². The molecule has 2 unspecified atom stereocenters. The van der Waals surface area contributed by atoms with Crippen LogP contribution in [-0.2, 0) is 11.2 Å². The van der Waals surface area contributed by atoms with E-state index in [-0.39, 0.29) is 30.5 Å². The van der Waals surface area contributed by atoms with E-state index in [0.717, 1.165) is 30.8 Å². The Bertz CT molecular complexity index is 479. The van der Waals surface area contributed by atoms with Gasteiger partial charge in [0.2, 0.25) is 5.91 Å². The number of hydrogen-bond acceptors (Lipinski definition) is 3. The predicted octanol–water partition coefficient (Wildman–Crippen LogP) is 2.55. The van der Waals surface area contributed by atoms with Gasteiger partial charge < -0.3 is 15.4 Å². The van der Waals surface area contributed by atoms with Crippen LogP contribution in [0.5, 0.6) is 5.75 Å². The van der Waals surface area contributed by atoms with Gasteiger partial charge in [0.15, 0.2) is 0 Å². The molecule has 1 aliphatic heterocycles. The Labute approximate surface area is 139 Å². The minimum absolute atomic E-state index is 0. The van der Waals surface area contributed by atoms with E-state index in [4.69, 9.17) is 4.74 Å². The van der Waals surface area contributed by atoms with Gasteiger partial charge in [-0.3, -0.25) is 4.79 Å². The van der Waals surface area contributed by atoms with Crippen LogP contribution in [0.1, 0.15) is 32.8 Å². The molecule has 0 radical (unpaired) electrons. The number of carbonyl (C=O) groups is 1. The molecule has 0 spiro atoms. The summed E-state index contributed by atoms with van der Waals surface area (Å²) in [6.07, 6.45) is 1.48. The van der Waals surface area contributed by atoms with Crippen molar-refractivity contribution in [2.75, 3.05) is 13.1 Å². The molecule has 0 aromatic heterocycles. The summed E-state index contributed by atoms with van der Waals surface area (Å²) in [6, 6.07) is 8.05. The number of carbonyl (C=O) groups excluding carboxylic acids is 1. The van der Waals surface area contributed by atoms with Crippen LogP contribution in [0.25, 0.3) is 0 Å². The first-order valence-electron chi connectivity index (χ1n) is 7.81. The van der Waals surface area contributed by atoms with E-state index in [9.17, 15) is 4.79 Å². The molecule has 0 bridgehead atoms. The van der Waals surface area contributed by atoms with E-state index in [0.29, 0.717) is 12.3 Å². The molecule has 1 saturated heterocycles. The number of ether oxygens (including phenoxy) is 1. The molecule has 4 nitrogen and oxygen atoms in total. The maximum atomic E-state index is 12.3. The quantitative estimate of drug-likeness (QED) is 0.874. The highest BCUT2D eigenvalue weighted by molar-refractivity contribution is 5.85. The van der Waals surface area contributed by atoms with Crippen LogP contribution in [0.2, 0.25) is 0 Å². The van der Waals surface area contributed by atoms with E-state index in [1.54, 1.807) is 0 Å². The molecule has 2 N–H and O–H groups in total. The lowest BCUT2D eigenvalue weighted by atomic mass is 9.95. The summed E-state index contributed by atoms with van der Waals surface area (Å²) < 4.78 is 5.77. The van der Waals surface area contributed by atoms with Gasteiger partial charge in [0.1, 0.15) is 5.75 Å². The third kappa shape index (κ3) is 5.50. The number of hydrogen-bond donors (Lipinski definition) is 2. The molecule has 1 aromatic carbocycles. The number of halogens is 1. The van der Waals surface area contributed by atoms with Gasteiger partial charge in [-0.25, -0.2) is 0 Å². The van der Waals surface area contributed by atoms with E-state index in [2.05, 4.69) is 17.6 Å². The summed E-state index contributed by atoms with van der Waals surface area (Å²) in [5, 5.41) is 6.51. The maximum absolute atomic E-state index is 12.3. The minimum Gasteiger partial charge on any atom is -0.491 e. The molecule has 2 atom stereocenters. The zero-order valence-corrected chi connectivity index (χ0v) is 14.4. The lowest BCUT2D eigenvalue weighted by molar-refractivity contribution is -0.121. The topological polar surface area (TPSA) is 50.4 Å². The Kier molecular flexibility index (Phi) is 7.69. The van der Waals surface area contributed by atoms with Crippen molar-refractivity contribution in [3.63, 3.8) is 0 Å². The van der Waals surface area contributed by atoms with Crippen LogP contribution in [0.3, 0.4) is 0 Å². The van der Waals surface area contributed by atoms with Gasteiger partial charge in [0.05, 0.1) is 12.5 Å². The molecule has 5 heteroatoms. The molecule has 0 saturated carbocycles. The fourth-order valence-electron chi connectivity index (χ4n) is 2.68. The number of amides is 1. The second kappa shape index (κ2) is 9.01. The summed E-state index contributed by atoms with van der Waals surface area (Å²) in [5.41, 5.74) is 0.949. The van der Waals surface area contributed by atoms with Gasteiger partial charge in [-0.2, -0.15) is 0 Å². The lowest BCUT2D eigenvalue weighted by Crippen LogP contribution is -2.48. The molecule has 1 amide bonds. The first-order chi connectivity index (χ1) is 10.1. The number of rotatable bonds is 5. The summed E-state index contributed by atoms with van der Waals surface area (Å²) in [6.45, 7) is 8.11. The van der Waals surface area contributed by atoms with Crippen LogP contribution in [0.4, 0.5) is 0 Å². The minimum atomic E-state index is 0. The first kappa shape index (κ1) is 18.8. The van der Waals surface area contributed by atoms with E-state index >= 15 is 0 Å². The zero-order valence-electron chi connectivity index (χ0n) is 13.6. The fraction of sp³-hybridized carbons (Fsp3) is 0.588.